The Morgan fingerprint density at radius 2 is 2.08 bits per heavy atom. The van der Waals surface area contributed by atoms with Crippen molar-refractivity contribution in [3.8, 4) is 0 Å². The number of pyridine rings is 1. The van der Waals surface area contributed by atoms with Gasteiger partial charge in [0.1, 0.15) is 0 Å². The highest BCUT2D eigenvalue weighted by atomic mass is 19.3. The van der Waals surface area contributed by atoms with Crippen molar-refractivity contribution in [3.05, 3.63) is 23.3 Å². The third-order valence-electron chi connectivity index (χ3n) is 1.53. The molecule has 0 aromatic carbocycles. The van der Waals surface area contributed by atoms with E-state index in [1.165, 1.54) is 6.92 Å². The molecule has 5 heteroatoms. The maximum Gasteiger partial charge on any atom is 0.270 e. The van der Waals surface area contributed by atoms with Crippen molar-refractivity contribution in [1.82, 2.24) is 4.98 Å². The van der Waals surface area contributed by atoms with Crippen LogP contribution in [0.3, 0.4) is 0 Å². The lowest BCUT2D eigenvalue weighted by molar-refractivity contribution is 0.146. The van der Waals surface area contributed by atoms with Crippen LogP contribution in [-0.4, -0.2) is 4.98 Å². The third-order valence-corrected chi connectivity index (χ3v) is 1.53. The summed E-state index contributed by atoms with van der Waals surface area (Å²) in [5.41, 5.74) is 4.54. The molecule has 0 saturated heterocycles. The van der Waals surface area contributed by atoms with Crippen LogP contribution in [0.2, 0.25) is 0 Å². The fraction of sp³-hybridized carbons (Fsp3) is 0.286. The van der Waals surface area contributed by atoms with Crippen molar-refractivity contribution >= 4 is 5.69 Å². The van der Waals surface area contributed by atoms with Gasteiger partial charge in [-0.25, -0.2) is 13.8 Å². The molecule has 1 rings (SSSR count). The Balaban J connectivity index is 3.33. The molecule has 12 heavy (non-hydrogen) atoms. The highest BCUT2D eigenvalue weighted by molar-refractivity contribution is 5.52. The van der Waals surface area contributed by atoms with Crippen LogP contribution in [0.15, 0.2) is 6.20 Å². The van der Waals surface area contributed by atoms with Crippen molar-refractivity contribution < 1.29 is 13.2 Å². The minimum Gasteiger partial charge on any atom is -0.398 e. The molecule has 2 nitrogen and oxygen atoms in total. The largest absolute Gasteiger partial charge is 0.398 e. The third kappa shape index (κ3) is 1.34. The van der Waals surface area contributed by atoms with Gasteiger partial charge in [-0.15, -0.1) is 0 Å². The van der Waals surface area contributed by atoms with Crippen molar-refractivity contribution in [1.29, 1.82) is 0 Å². The number of hydrogen-bond acceptors (Lipinski definition) is 2. The standard InChI is InChI=1S/C7H7F3N2/c1-3-2-12-7(10)4(5(3)11)6(8)9/h2,6H,1H3,(H2,11,12). The summed E-state index contributed by atoms with van der Waals surface area (Å²) in [7, 11) is 0. The molecule has 2 N–H and O–H groups in total. The van der Waals surface area contributed by atoms with Gasteiger partial charge in [0.25, 0.3) is 6.43 Å². The van der Waals surface area contributed by atoms with Crippen molar-refractivity contribution in [2.75, 3.05) is 5.73 Å². The topological polar surface area (TPSA) is 38.9 Å². The maximum absolute atomic E-state index is 12.6. The summed E-state index contributed by atoms with van der Waals surface area (Å²) in [4.78, 5) is 3.13. The van der Waals surface area contributed by atoms with E-state index in [-0.39, 0.29) is 5.69 Å². The Morgan fingerprint density at radius 3 is 2.50 bits per heavy atom. The summed E-state index contributed by atoms with van der Waals surface area (Å²) in [5, 5.41) is 0. The van der Waals surface area contributed by atoms with E-state index < -0.39 is 17.9 Å². The van der Waals surface area contributed by atoms with Crippen molar-refractivity contribution in [2.45, 2.75) is 13.3 Å². The minimum atomic E-state index is -2.92. The summed E-state index contributed by atoms with van der Waals surface area (Å²) in [5.74, 6) is -1.20. The average molecular weight is 176 g/mol. The van der Waals surface area contributed by atoms with Crippen LogP contribution in [0.4, 0.5) is 18.9 Å². The van der Waals surface area contributed by atoms with Crippen molar-refractivity contribution in [3.63, 3.8) is 0 Å². The maximum atomic E-state index is 12.6. The van der Waals surface area contributed by atoms with Crippen LogP contribution < -0.4 is 5.73 Å². The van der Waals surface area contributed by atoms with Crippen LogP contribution >= 0.6 is 0 Å². The van der Waals surface area contributed by atoms with E-state index >= 15 is 0 Å². The molecular weight excluding hydrogens is 169 g/mol. The Morgan fingerprint density at radius 1 is 1.50 bits per heavy atom. The Kier molecular flexibility index (Phi) is 2.21. The van der Waals surface area contributed by atoms with Crippen LogP contribution in [0, 0.1) is 12.9 Å². The number of nitrogens with zero attached hydrogens (tertiary/aromatic N) is 1. The van der Waals surface area contributed by atoms with Gasteiger partial charge in [0.15, 0.2) is 0 Å². The number of nitrogens with two attached hydrogens (primary N) is 1. The summed E-state index contributed by atoms with van der Waals surface area (Å²) < 4.78 is 36.8. The molecule has 1 aromatic rings. The monoisotopic (exact) mass is 176 g/mol. The molecule has 0 aliphatic carbocycles. The number of halogens is 3. The van der Waals surface area contributed by atoms with Crippen LogP contribution in [-0.2, 0) is 0 Å². The second-order valence-corrected chi connectivity index (χ2v) is 2.36. The predicted octanol–water partition coefficient (Wildman–Crippen LogP) is 2.05. The zero-order valence-electron chi connectivity index (χ0n) is 6.31. The molecule has 0 bridgehead atoms. The molecule has 0 radical (unpaired) electrons. The highest BCUT2D eigenvalue weighted by Crippen LogP contribution is 2.28. The number of hydrogen-bond donors (Lipinski definition) is 1. The number of anilines is 1. The van der Waals surface area contributed by atoms with Gasteiger partial charge in [0.2, 0.25) is 5.95 Å². The van der Waals surface area contributed by atoms with E-state index in [1.54, 1.807) is 0 Å². The zero-order valence-corrected chi connectivity index (χ0v) is 6.31. The van der Waals surface area contributed by atoms with Gasteiger partial charge in [-0.2, -0.15) is 4.39 Å². The summed E-state index contributed by atoms with van der Waals surface area (Å²) in [6.45, 7) is 1.49. The Labute approximate surface area is 67.2 Å². The molecule has 0 atom stereocenters. The Hall–Kier alpha value is -1.26. The number of nitrogen functional groups attached to an aromatic ring is 1. The molecule has 0 aliphatic heterocycles. The first-order valence-corrected chi connectivity index (χ1v) is 3.22. The molecule has 1 heterocycles. The van der Waals surface area contributed by atoms with Crippen molar-refractivity contribution in [2.24, 2.45) is 0 Å². The lowest BCUT2D eigenvalue weighted by Gasteiger charge is -2.06. The summed E-state index contributed by atoms with van der Waals surface area (Å²) >= 11 is 0. The molecule has 0 aliphatic rings. The van der Waals surface area contributed by atoms with Gasteiger partial charge >= 0.3 is 0 Å². The molecule has 0 fully saturated rings. The van der Waals surface area contributed by atoms with E-state index in [4.69, 9.17) is 5.73 Å². The number of aryl methyl sites for hydroxylation is 1. The second-order valence-electron chi connectivity index (χ2n) is 2.36. The molecule has 66 valence electrons. The van der Waals surface area contributed by atoms with E-state index in [0.29, 0.717) is 5.56 Å². The quantitative estimate of drug-likeness (QED) is 0.665. The SMILES string of the molecule is Cc1cnc(F)c(C(F)F)c1N. The lowest BCUT2D eigenvalue weighted by atomic mass is 10.1. The number of rotatable bonds is 1. The molecule has 0 amide bonds. The first-order chi connectivity index (χ1) is 5.54. The predicted molar refractivity (Wildman–Crippen MR) is 38.3 cm³/mol. The van der Waals surface area contributed by atoms with Crippen LogP contribution in [0.5, 0.6) is 0 Å². The first kappa shape index (κ1) is 8.83. The second kappa shape index (κ2) is 3.00. The first-order valence-electron chi connectivity index (χ1n) is 3.22. The molecule has 1 aromatic heterocycles. The normalized spacial score (nSPS) is 10.8. The van der Waals surface area contributed by atoms with Gasteiger partial charge < -0.3 is 5.73 Å². The summed E-state index contributed by atoms with van der Waals surface area (Å²) in [6.07, 6.45) is -1.80. The minimum absolute atomic E-state index is 0.225. The number of alkyl halides is 2. The van der Waals surface area contributed by atoms with E-state index in [2.05, 4.69) is 4.98 Å². The smallest absolute Gasteiger partial charge is 0.270 e. The van der Waals surface area contributed by atoms with Gasteiger partial charge in [-0.1, -0.05) is 0 Å². The summed E-state index contributed by atoms with van der Waals surface area (Å²) in [6, 6.07) is 0. The van der Waals surface area contributed by atoms with Gasteiger partial charge in [-0.05, 0) is 12.5 Å². The Bertz CT molecular complexity index is 299. The zero-order chi connectivity index (χ0) is 9.30. The molecular formula is C7H7F3N2. The van der Waals surface area contributed by atoms with Crippen LogP contribution in [0.25, 0.3) is 0 Å². The fourth-order valence-electron chi connectivity index (χ4n) is 0.824. The van der Waals surface area contributed by atoms with Gasteiger partial charge in [0, 0.05) is 11.9 Å². The van der Waals surface area contributed by atoms with E-state index in [0.717, 1.165) is 6.20 Å². The molecule has 0 saturated carbocycles. The van der Waals surface area contributed by atoms with Gasteiger partial charge in [0.05, 0.1) is 5.56 Å². The lowest BCUT2D eigenvalue weighted by Crippen LogP contribution is -2.03. The highest BCUT2D eigenvalue weighted by Gasteiger charge is 2.19. The van der Waals surface area contributed by atoms with E-state index in [1.807, 2.05) is 0 Å². The van der Waals surface area contributed by atoms with Crippen LogP contribution in [0.1, 0.15) is 17.6 Å². The molecule has 0 spiro atoms. The fourth-order valence-corrected chi connectivity index (χ4v) is 0.824. The van der Waals surface area contributed by atoms with E-state index in [9.17, 15) is 13.2 Å². The molecule has 0 unspecified atom stereocenters. The van der Waals surface area contributed by atoms with Gasteiger partial charge in [-0.3, -0.25) is 0 Å². The number of aromatic nitrogens is 1. The average Bonchev–Trinajstić information content (AvgIpc) is 1.97.